The van der Waals surface area contributed by atoms with E-state index in [1.54, 1.807) is 4.68 Å². The highest BCUT2D eigenvalue weighted by Gasteiger charge is 2.15. The van der Waals surface area contributed by atoms with E-state index in [2.05, 4.69) is 24.3 Å². The van der Waals surface area contributed by atoms with Crippen LogP contribution in [0.25, 0.3) is 0 Å². The standard InChI is InChI=1S/C9H16ClN3/c1-6(2)8-7(5-11-3)9(10)13(4)12-8/h6,11H,5H2,1-4H3. The van der Waals surface area contributed by atoms with Crippen molar-refractivity contribution in [2.75, 3.05) is 7.05 Å². The minimum absolute atomic E-state index is 0.419. The lowest BCUT2D eigenvalue weighted by Crippen LogP contribution is -2.07. The van der Waals surface area contributed by atoms with Crippen LogP contribution in [0.2, 0.25) is 5.15 Å². The van der Waals surface area contributed by atoms with Gasteiger partial charge in [0.1, 0.15) is 5.15 Å². The van der Waals surface area contributed by atoms with Gasteiger partial charge in [0.25, 0.3) is 0 Å². The molecule has 0 aliphatic rings. The molecule has 1 rings (SSSR count). The fourth-order valence-corrected chi connectivity index (χ4v) is 1.57. The average Bonchev–Trinajstić information content (AvgIpc) is 2.33. The quantitative estimate of drug-likeness (QED) is 0.810. The molecule has 1 aromatic rings. The third-order valence-electron chi connectivity index (χ3n) is 2.00. The van der Waals surface area contributed by atoms with Crippen LogP contribution in [-0.2, 0) is 13.6 Å². The number of hydrogen-bond acceptors (Lipinski definition) is 2. The first kappa shape index (κ1) is 10.5. The molecule has 1 aromatic heterocycles. The number of aromatic nitrogens is 2. The Kier molecular flexibility index (Phi) is 3.33. The second-order valence-electron chi connectivity index (χ2n) is 3.46. The highest BCUT2D eigenvalue weighted by Crippen LogP contribution is 2.24. The van der Waals surface area contributed by atoms with Crippen LogP contribution in [0, 0.1) is 0 Å². The molecular weight excluding hydrogens is 186 g/mol. The smallest absolute Gasteiger partial charge is 0.131 e. The number of nitrogens with zero attached hydrogens (tertiary/aromatic N) is 2. The molecule has 0 unspecified atom stereocenters. The molecule has 0 saturated heterocycles. The second-order valence-corrected chi connectivity index (χ2v) is 3.82. The largest absolute Gasteiger partial charge is 0.316 e. The SMILES string of the molecule is CNCc1c(C(C)C)nn(C)c1Cl. The Balaban J connectivity index is 3.11. The Morgan fingerprint density at radius 1 is 1.54 bits per heavy atom. The molecule has 0 fully saturated rings. The predicted octanol–water partition coefficient (Wildman–Crippen LogP) is 1.92. The first-order valence-electron chi connectivity index (χ1n) is 4.43. The predicted molar refractivity (Wildman–Crippen MR) is 55.1 cm³/mol. The molecule has 0 atom stereocenters. The zero-order valence-corrected chi connectivity index (χ0v) is 9.31. The summed E-state index contributed by atoms with van der Waals surface area (Å²) in [7, 11) is 3.78. The molecule has 0 spiro atoms. The van der Waals surface area contributed by atoms with E-state index in [4.69, 9.17) is 11.6 Å². The highest BCUT2D eigenvalue weighted by molar-refractivity contribution is 6.30. The van der Waals surface area contributed by atoms with Gasteiger partial charge in [0.15, 0.2) is 0 Å². The highest BCUT2D eigenvalue weighted by atomic mass is 35.5. The van der Waals surface area contributed by atoms with Gasteiger partial charge in [-0.1, -0.05) is 25.4 Å². The Morgan fingerprint density at radius 3 is 2.62 bits per heavy atom. The molecule has 4 heteroatoms. The van der Waals surface area contributed by atoms with Crippen LogP contribution >= 0.6 is 11.6 Å². The molecular formula is C9H16ClN3. The van der Waals surface area contributed by atoms with Crippen molar-refractivity contribution in [2.24, 2.45) is 7.05 Å². The monoisotopic (exact) mass is 201 g/mol. The van der Waals surface area contributed by atoms with Gasteiger partial charge in [-0.05, 0) is 13.0 Å². The van der Waals surface area contributed by atoms with Gasteiger partial charge in [0.05, 0.1) is 5.69 Å². The summed E-state index contributed by atoms with van der Waals surface area (Å²) in [5, 5.41) is 8.20. The number of nitrogens with one attached hydrogen (secondary N) is 1. The van der Waals surface area contributed by atoms with Crippen LogP contribution in [0.3, 0.4) is 0 Å². The number of halogens is 1. The maximum atomic E-state index is 6.10. The van der Waals surface area contributed by atoms with Gasteiger partial charge in [0.2, 0.25) is 0 Å². The molecule has 0 amide bonds. The van der Waals surface area contributed by atoms with Crippen LogP contribution in [0.4, 0.5) is 0 Å². The summed E-state index contributed by atoms with van der Waals surface area (Å²) in [5.41, 5.74) is 2.20. The average molecular weight is 202 g/mol. The van der Waals surface area contributed by atoms with Crippen molar-refractivity contribution in [1.82, 2.24) is 15.1 Å². The minimum Gasteiger partial charge on any atom is -0.316 e. The van der Waals surface area contributed by atoms with E-state index < -0.39 is 0 Å². The van der Waals surface area contributed by atoms with Crippen molar-refractivity contribution in [3.8, 4) is 0 Å². The van der Waals surface area contributed by atoms with Crippen LogP contribution in [0.5, 0.6) is 0 Å². The maximum Gasteiger partial charge on any atom is 0.131 e. The summed E-state index contributed by atoms with van der Waals surface area (Å²) in [4.78, 5) is 0. The van der Waals surface area contributed by atoms with E-state index in [1.807, 2.05) is 14.1 Å². The lowest BCUT2D eigenvalue weighted by atomic mass is 10.1. The van der Waals surface area contributed by atoms with Crippen LogP contribution < -0.4 is 5.32 Å². The van der Waals surface area contributed by atoms with Crippen molar-refractivity contribution in [2.45, 2.75) is 26.3 Å². The number of rotatable bonds is 3. The Morgan fingerprint density at radius 2 is 2.15 bits per heavy atom. The van der Waals surface area contributed by atoms with Crippen molar-refractivity contribution in [3.05, 3.63) is 16.4 Å². The van der Waals surface area contributed by atoms with Crippen molar-refractivity contribution in [1.29, 1.82) is 0 Å². The van der Waals surface area contributed by atoms with E-state index in [9.17, 15) is 0 Å². The van der Waals surface area contributed by atoms with Crippen molar-refractivity contribution in [3.63, 3.8) is 0 Å². The molecule has 1 N–H and O–H groups in total. The molecule has 0 saturated carbocycles. The van der Waals surface area contributed by atoms with Gasteiger partial charge < -0.3 is 5.32 Å². The molecule has 0 bridgehead atoms. The van der Waals surface area contributed by atoms with E-state index in [0.29, 0.717) is 5.92 Å². The van der Waals surface area contributed by atoms with Crippen LogP contribution in [-0.4, -0.2) is 16.8 Å². The first-order chi connectivity index (χ1) is 6.07. The minimum atomic E-state index is 0.419. The zero-order chi connectivity index (χ0) is 10.0. The summed E-state index contributed by atoms with van der Waals surface area (Å²) in [6.07, 6.45) is 0. The van der Waals surface area contributed by atoms with Crippen LogP contribution in [0.1, 0.15) is 31.0 Å². The van der Waals surface area contributed by atoms with E-state index >= 15 is 0 Å². The lowest BCUT2D eigenvalue weighted by molar-refractivity contribution is 0.709. The summed E-state index contributed by atoms with van der Waals surface area (Å²) < 4.78 is 1.73. The van der Waals surface area contributed by atoms with Crippen molar-refractivity contribution >= 4 is 11.6 Å². The Bertz CT molecular complexity index is 291. The topological polar surface area (TPSA) is 29.9 Å². The fraction of sp³-hybridized carbons (Fsp3) is 0.667. The van der Waals surface area contributed by atoms with Gasteiger partial charge in [-0.25, -0.2) is 0 Å². The van der Waals surface area contributed by atoms with E-state index in [0.717, 1.165) is 23.0 Å². The van der Waals surface area contributed by atoms with Gasteiger partial charge in [0, 0.05) is 19.2 Å². The third-order valence-corrected chi connectivity index (χ3v) is 2.47. The van der Waals surface area contributed by atoms with Gasteiger partial charge in [-0.2, -0.15) is 5.10 Å². The van der Waals surface area contributed by atoms with E-state index in [-0.39, 0.29) is 0 Å². The molecule has 74 valence electrons. The molecule has 0 aliphatic heterocycles. The normalized spacial score (nSPS) is 11.2. The summed E-state index contributed by atoms with van der Waals surface area (Å²) in [5.74, 6) is 0.419. The molecule has 0 aromatic carbocycles. The molecule has 3 nitrogen and oxygen atoms in total. The number of aryl methyl sites for hydroxylation is 1. The second kappa shape index (κ2) is 4.11. The molecule has 0 radical (unpaired) electrons. The maximum absolute atomic E-state index is 6.10. The lowest BCUT2D eigenvalue weighted by Gasteiger charge is -2.04. The summed E-state index contributed by atoms with van der Waals surface area (Å²) in [6, 6.07) is 0. The number of hydrogen-bond donors (Lipinski definition) is 1. The van der Waals surface area contributed by atoms with Gasteiger partial charge in [-0.3, -0.25) is 4.68 Å². The molecule has 13 heavy (non-hydrogen) atoms. The summed E-state index contributed by atoms with van der Waals surface area (Å²) in [6.45, 7) is 5.02. The van der Waals surface area contributed by atoms with Gasteiger partial charge in [-0.15, -0.1) is 0 Å². The van der Waals surface area contributed by atoms with Crippen LogP contribution in [0.15, 0.2) is 0 Å². The van der Waals surface area contributed by atoms with Gasteiger partial charge >= 0.3 is 0 Å². The summed E-state index contributed by atoms with van der Waals surface area (Å²) >= 11 is 6.10. The van der Waals surface area contributed by atoms with Crippen molar-refractivity contribution < 1.29 is 0 Å². The molecule has 0 aliphatic carbocycles. The Hall–Kier alpha value is -0.540. The Labute approximate surface area is 84.1 Å². The first-order valence-corrected chi connectivity index (χ1v) is 4.81. The third kappa shape index (κ3) is 2.03. The fourth-order valence-electron chi connectivity index (χ4n) is 1.37. The zero-order valence-electron chi connectivity index (χ0n) is 8.56. The van der Waals surface area contributed by atoms with E-state index in [1.165, 1.54) is 0 Å². The molecule has 1 heterocycles.